The van der Waals surface area contributed by atoms with E-state index in [1.807, 2.05) is 30.3 Å². The van der Waals surface area contributed by atoms with E-state index in [1.165, 1.54) is 25.9 Å². The fraction of sp³-hybridized carbons (Fsp3) is 0.214. The van der Waals surface area contributed by atoms with E-state index < -0.39 is 10.3 Å². The number of hydrogen-bond donors (Lipinski definition) is 0. The lowest BCUT2D eigenvalue weighted by Gasteiger charge is -2.13. The molecule has 0 spiro atoms. The van der Waals surface area contributed by atoms with Crippen molar-refractivity contribution >= 4 is 22.1 Å². The van der Waals surface area contributed by atoms with Crippen molar-refractivity contribution in [3.63, 3.8) is 0 Å². The molecule has 0 fully saturated rings. The number of benzene rings is 1. The van der Waals surface area contributed by atoms with Gasteiger partial charge in [-0.05, 0) is 17.7 Å². The quantitative estimate of drug-likeness (QED) is 0.764. The van der Waals surface area contributed by atoms with Gasteiger partial charge in [-0.2, -0.15) is 12.7 Å². The van der Waals surface area contributed by atoms with E-state index in [-0.39, 0.29) is 5.75 Å². The molecule has 1 aromatic heterocycles. The van der Waals surface area contributed by atoms with Crippen LogP contribution in [0.15, 0.2) is 53.7 Å². The lowest BCUT2D eigenvalue weighted by Crippen LogP contribution is -2.27. The Hall–Kier alpha value is -1.57. The lowest BCUT2D eigenvalue weighted by molar-refractivity contribution is 0.416. The molecule has 0 bridgehead atoms. The minimum atomic E-state index is -3.78. The van der Waals surface area contributed by atoms with Gasteiger partial charge in [-0.25, -0.2) is 4.98 Å². The first-order chi connectivity index (χ1) is 9.99. The monoisotopic (exact) mass is 324 g/mol. The van der Waals surface area contributed by atoms with Crippen LogP contribution in [0.25, 0.3) is 0 Å². The van der Waals surface area contributed by atoms with Crippen LogP contribution < -0.4 is 4.18 Å². The Morgan fingerprint density at radius 3 is 2.52 bits per heavy atom. The van der Waals surface area contributed by atoms with Gasteiger partial charge in [0.05, 0.1) is 0 Å². The van der Waals surface area contributed by atoms with Gasteiger partial charge in [0, 0.05) is 26.0 Å². The normalized spacial score (nSPS) is 11.6. The second kappa shape index (κ2) is 6.93. The third kappa shape index (κ3) is 4.45. The summed E-state index contributed by atoms with van der Waals surface area (Å²) in [5, 5.41) is 0.548. The van der Waals surface area contributed by atoms with Crippen LogP contribution in [-0.2, 0) is 16.1 Å². The summed E-state index contributed by atoms with van der Waals surface area (Å²) in [6.07, 6.45) is 1.61. The zero-order valence-electron chi connectivity index (χ0n) is 11.8. The fourth-order valence-electron chi connectivity index (χ4n) is 1.46. The summed E-state index contributed by atoms with van der Waals surface area (Å²) in [5.41, 5.74) is 1.13. The van der Waals surface area contributed by atoms with E-state index in [1.54, 1.807) is 18.3 Å². The Morgan fingerprint density at radius 2 is 1.86 bits per heavy atom. The summed E-state index contributed by atoms with van der Waals surface area (Å²) in [7, 11) is -0.938. The van der Waals surface area contributed by atoms with E-state index in [2.05, 4.69) is 4.98 Å². The zero-order valence-corrected chi connectivity index (χ0v) is 13.4. The lowest BCUT2D eigenvalue weighted by atomic mass is 10.2. The van der Waals surface area contributed by atoms with E-state index in [9.17, 15) is 8.42 Å². The van der Waals surface area contributed by atoms with Crippen molar-refractivity contribution in [1.29, 1.82) is 0 Å². The van der Waals surface area contributed by atoms with Gasteiger partial charge >= 0.3 is 10.3 Å². The Morgan fingerprint density at radius 1 is 1.14 bits per heavy atom. The van der Waals surface area contributed by atoms with Crippen LogP contribution in [0.4, 0.5) is 0 Å². The van der Waals surface area contributed by atoms with Crippen LogP contribution in [0.5, 0.6) is 5.75 Å². The third-order valence-corrected chi connectivity index (χ3v) is 4.94. The summed E-state index contributed by atoms with van der Waals surface area (Å²) >= 11 is 1.43. The standard InChI is InChI=1S/C14H16N2O3S2/c1-16(2)21(17,18)19-13-9-6-10-15-14(13)20-11-12-7-4-3-5-8-12/h3-10H,11H2,1-2H3. The molecule has 1 aromatic carbocycles. The van der Waals surface area contributed by atoms with Gasteiger partial charge in [-0.3, -0.25) is 0 Å². The van der Waals surface area contributed by atoms with Gasteiger partial charge in [-0.15, -0.1) is 0 Å². The first-order valence-corrected chi connectivity index (χ1v) is 8.58. The maximum Gasteiger partial charge on any atom is 0.384 e. The van der Waals surface area contributed by atoms with Gasteiger partial charge in [0.2, 0.25) is 0 Å². The van der Waals surface area contributed by atoms with Crippen LogP contribution in [0, 0.1) is 0 Å². The molecule has 0 saturated carbocycles. The zero-order chi connectivity index (χ0) is 15.3. The van der Waals surface area contributed by atoms with Crippen LogP contribution in [0.1, 0.15) is 5.56 Å². The predicted octanol–water partition coefficient (Wildman–Crippen LogP) is 2.56. The summed E-state index contributed by atoms with van der Waals surface area (Å²) in [5.74, 6) is 0.933. The summed E-state index contributed by atoms with van der Waals surface area (Å²) in [6, 6.07) is 13.1. The number of thioether (sulfide) groups is 1. The molecular formula is C14H16N2O3S2. The van der Waals surface area contributed by atoms with Gasteiger partial charge in [0.25, 0.3) is 0 Å². The van der Waals surface area contributed by atoms with E-state index in [0.717, 1.165) is 9.87 Å². The molecule has 0 atom stereocenters. The highest BCUT2D eigenvalue weighted by Gasteiger charge is 2.18. The number of aromatic nitrogens is 1. The minimum absolute atomic E-state index is 0.243. The molecule has 7 heteroatoms. The molecule has 0 radical (unpaired) electrons. The average molecular weight is 324 g/mol. The average Bonchev–Trinajstić information content (AvgIpc) is 2.47. The topological polar surface area (TPSA) is 59.5 Å². The van der Waals surface area contributed by atoms with Crippen molar-refractivity contribution in [2.45, 2.75) is 10.8 Å². The van der Waals surface area contributed by atoms with Crippen molar-refractivity contribution < 1.29 is 12.6 Å². The highest BCUT2D eigenvalue weighted by molar-refractivity contribution is 7.98. The first-order valence-electron chi connectivity index (χ1n) is 6.23. The maximum atomic E-state index is 11.8. The number of nitrogens with zero attached hydrogens (tertiary/aromatic N) is 2. The predicted molar refractivity (Wildman–Crippen MR) is 83.5 cm³/mol. The van der Waals surface area contributed by atoms with Crippen molar-refractivity contribution in [2.75, 3.05) is 14.1 Å². The molecular weight excluding hydrogens is 308 g/mol. The van der Waals surface area contributed by atoms with Crippen LogP contribution in [0.2, 0.25) is 0 Å². The van der Waals surface area contributed by atoms with Gasteiger partial charge in [0.1, 0.15) is 5.03 Å². The summed E-state index contributed by atoms with van der Waals surface area (Å²) in [6.45, 7) is 0. The van der Waals surface area contributed by atoms with E-state index in [0.29, 0.717) is 10.8 Å². The largest absolute Gasteiger partial charge is 0.384 e. The highest BCUT2D eigenvalue weighted by atomic mass is 32.2. The molecule has 0 N–H and O–H groups in total. The smallest absolute Gasteiger partial charge is 0.368 e. The minimum Gasteiger partial charge on any atom is -0.368 e. The molecule has 0 unspecified atom stereocenters. The van der Waals surface area contributed by atoms with Gasteiger partial charge in [-0.1, -0.05) is 42.1 Å². The SMILES string of the molecule is CN(C)S(=O)(=O)Oc1cccnc1SCc1ccccc1. The summed E-state index contributed by atoms with van der Waals surface area (Å²) in [4.78, 5) is 4.19. The molecule has 112 valence electrons. The number of rotatable bonds is 6. The van der Waals surface area contributed by atoms with Crippen LogP contribution in [-0.4, -0.2) is 31.8 Å². The highest BCUT2D eigenvalue weighted by Crippen LogP contribution is 2.30. The van der Waals surface area contributed by atoms with Crippen molar-refractivity contribution in [3.8, 4) is 5.75 Å². The maximum absolute atomic E-state index is 11.8. The van der Waals surface area contributed by atoms with Crippen LogP contribution in [0.3, 0.4) is 0 Å². The Labute approximate surface area is 129 Å². The van der Waals surface area contributed by atoms with E-state index >= 15 is 0 Å². The van der Waals surface area contributed by atoms with Crippen LogP contribution >= 0.6 is 11.8 Å². The Kier molecular flexibility index (Phi) is 5.22. The molecule has 0 aliphatic rings. The molecule has 0 aliphatic carbocycles. The molecule has 0 amide bonds. The Bertz CT molecular complexity index is 688. The van der Waals surface area contributed by atoms with Gasteiger partial charge < -0.3 is 4.18 Å². The molecule has 2 rings (SSSR count). The van der Waals surface area contributed by atoms with Crippen molar-refractivity contribution in [3.05, 3.63) is 54.2 Å². The third-order valence-electron chi connectivity index (χ3n) is 2.60. The fourth-order valence-corrected chi connectivity index (χ4v) is 2.91. The number of hydrogen-bond acceptors (Lipinski definition) is 5. The van der Waals surface area contributed by atoms with Crippen molar-refractivity contribution in [2.24, 2.45) is 0 Å². The van der Waals surface area contributed by atoms with E-state index in [4.69, 9.17) is 4.18 Å². The van der Waals surface area contributed by atoms with Gasteiger partial charge in [0.15, 0.2) is 5.75 Å². The number of pyridine rings is 1. The second-order valence-electron chi connectivity index (χ2n) is 4.40. The molecule has 0 aliphatic heterocycles. The van der Waals surface area contributed by atoms with Crippen molar-refractivity contribution in [1.82, 2.24) is 9.29 Å². The molecule has 2 aromatic rings. The second-order valence-corrected chi connectivity index (χ2v) is 7.12. The molecule has 1 heterocycles. The summed E-state index contributed by atoms with van der Waals surface area (Å²) < 4.78 is 29.7. The Balaban J connectivity index is 2.14. The molecule has 21 heavy (non-hydrogen) atoms. The molecule has 0 saturated heterocycles. The molecule has 5 nitrogen and oxygen atoms in total. The first kappa shape index (κ1) is 15.8.